The van der Waals surface area contributed by atoms with Gasteiger partial charge in [0.25, 0.3) is 10.2 Å². The van der Waals surface area contributed by atoms with Crippen LogP contribution in [-0.2, 0) is 14.9 Å². The maximum atomic E-state index is 12.8. The van der Waals surface area contributed by atoms with Crippen LogP contribution in [-0.4, -0.2) is 68.0 Å². The Morgan fingerprint density at radius 3 is 2.09 bits per heavy atom. The lowest BCUT2D eigenvalue weighted by atomic mass is 10.1. The van der Waals surface area contributed by atoms with Crippen LogP contribution in [0.5, 0.6) is 0 Å². The quantitative estimate of drug-likeness (QED) is 0.793. The Kier molecular flexibility index (Phi) is 6.73. The summed E-state index contributed by atoms with van der Waals surface area (Å²) in [6.07, 6.45) is 4.48. The van der Waals surface area contributed by atoms with Crippen molar-refractivity contribution >= 4 is 22.6 Å². The van der Waals surface area contributed by atoms with Gasteiger partial charge in [-0.1, -0.05) is 0 Å². The summed E-state index contributed by atoms with van der Waals surface area (Å²) in [5.41, 5.74) is 0. The minimum atomic E-state index is -3.33. The molecular formula is C15H30ClN3O3S. The molecule has 6 nitrogen and oxygen atoms in total. The summed E-state index contributed by atoms with van der Waals surface area (Å²) in [6, 6.07) is 0.481. The first kappa shape index (κ1) is 19.4. The lowest BCUT2D eigenvalue weighted by Crippen LogP contribution is -2.55. The SMILES string of the molecule is CC1CN(S(=O)(=O)N2CCC(NCC3CC3)CC2)CC(C)O1.Cl. The van der Waals surface area contributed by atoms with Gasteiger partial charge in [0.15, 0.2) is 0 Å². The summed E-state index contributed by atoms with van der Waals surface area (Å²) in [4.78, 5) is 0. The van der Waals surface area contributed by atoms with E-state index in [1.54, 1.807) is 8.61 Å². The summed E-state index contributed by atoms with van der Waals surface area (Å²) in [5, 5.41) is 3.59. The minimum Gasteiger partial charge on any atom is -0.373 e. The highest BCUT2D eigenvalue weighted by Gasteiger charge is 2.37. The Labute approximate surface area is 146 Å². The molecule has 136 valence electrons. The van der Waals surface area contributed by atoms with Crippen molar-refractivity contribution in [2.45, 2.75) is 57.8 Å². The molecule has 2 saturated heterocycles. The zero-order chi connectivity index (χ0) is 15.7. The average Bonchev–Trinajstić information content (AvgIpc) is 3.29. The molecule has 0 bridgehead atoms. The van der Waals surface area contributed by atoms with E-state index in [-0.39, 0.29) is 24.6 Å². The maximum absolute atomic E-state index is 12.8. The van der Waals surface area contributed by atoms with Crippen molar-refractivity contribution in [3.8, 4) is 0 Å². The monoisotopic (exact) mass is 367 g/mol. The molecule has 1 saturated carbocycles. The van der Waals surface area contributed by atoms with Crippen LogP contribution in [0.25, 0.3) is 0 Å². The van der Waals surface area contributed by atoms with E-state index in [0.29, 0.717) is 32.2 Å². The Bertz CT molecular complexity index is 468. The largest absolute Gasteiger partial charge is 0.373 e. The van der Waals surface area contributed by atoms with Crippen molar-refractivity contribution in [2.75, 3.05) is 32.7 Å². The average molecular weight is 368 g/mol. The summed E-state index contributed by atoms with van der Waals surface area (Å²) in [7, 11) is -3.33. The van der Waals surface area contributed by atoms with E-state index in [0.717, 1.165) is 25.3 Å². The van der Waals surface area contributed by atoms with Crippen LogP contribution in [0, 0.1) is 5.92 Å². The molecule has 2 heterocycles. The Balaban J connectivity index is 0.00000192. The Morgan fingerprint density at radius 1 is 1.00 bits per heavy atom. The van der Waals surface area contributed by atoms with Crippen molar-refractivity contribution in [1.29, 1.82) is 0 Å². The van der Waals surface area contributed by atoms with Gasteiger partial charge >= 0.3 is 0 Å². The van der Waals surface area contributed by atoms with Gasteiger partial charge in [-0.25, -0.2) is 0 Å². The molecule has 8 heteroatoms. The third kappa shape index (κ3) is 5.03. The molecular weight excluding hydrogens is 338 g/mol. The zero-order valence-corrected chi connectivity index (χ0v) is 15.7. The number of nitrogens with one attached hydrogen (secondary N) is 1. The van der Waals surface area contributed by atoms with E-state index in [1.807, 2.05) is 13.8 Å². The van der Waals surface area contributed by atoms with Gasteiger partial charge in [-0.15, -0.1) is 12.4 Å². The number of morpholine rings is 1. The predicted octanol–water partition coefficient (Wildman–Crippen LogP) is 1.23. The molecule has 1 N–H and O–H groups in total. The zero-order valence-electron chi connectivity index (χ0n) is 14.1. The predicted molar refractivity (Wildman–Crippen MR) is 93.1 cm³/mol. The fourth-order valence-electron chi connectivity index (χ4n) is 3.43. The van der Waals surface area contributed by atoms with Crippen LogP contribution in [0.3, 0.4) is 0 Å². The minimum absolute atomic E-state index is 0. The fourth-order valence-corrected chi connectivity index (χ4v) is 5.22. The topological polar surface area (TPSA) is 61.9 Å². The van der Waals surface area contributed by atoms with Gasteiger partial charge in [0.2, 0.25) is 0 Å². The van der Waals surface area contributed by atoms with Crippen LogP contribution in [0.2, 0.25) is 0 Å². The second-order valence-corrected chi connectivity index (χ2v) is 9.04. The van der Waals surface area contributed by atoms with Crippen LogP contribution in [0.15, 0.2) is 0 Å². The lowest BCUT2D eigenvalue weighted by Gasteiger charge is -2.39. The third-order valence-electron chi connectivity index (χ3n) is 4.88. The first-order valence-electron chi connectivity index (χ1n) is 8.59. The van der Waals surface area contributed by atoms with Gasteiger partial charge < -0.3 is 10.1 Å². The number of rotatable bonds is 5. The first-order chi connectivity index (χ1) is 10.4. The molecule has 23 heavy (non-hydrogen) atoms. The summed E-state index contributed by atoms with van der Waals surface area (Å²) < 4.78 is 34.5. The summed E-state index contributed by atoms with van der Waals surface area (Å²) in [6.45, 7) is 7.17. The number of ether oxygens (including phenoxy) is 1. The smallest absolute Gasteiger partial charge is 0.282 e. The van der Waals surface area contributed by atoms with Crippen molar-refractivity contribution < 1.29 is 13.2 Å². The number of hydrogen-bond donors (Lipinski definition) is 1. The Hall–Kier alpha value is 0.0800. The van der Waals surface area contributed by atoms with E-state index < -0.39 is 10.2 Å². The number of nitrogens with zero attached hydrogens (tertiary/aromatic N) is 2. The molecule has 2 unspecified atom stereocenters. The molecule has 0 aromatic rings. The lowest BCUT2D eigenvalue weighted by molar-refractivity contribution is -0.0456. The molecule has 0 aromatic heterocycles. The van der Waals surface area contributed by atoms with Crippen molar-refractivity contribution in [2.24, 2.45) is 5.92 Å². The van der Waals surface area contributed by atoms with Crippen molar-refractivity contribution in [3.63, 3.8) is 0 Å². The number of halogens is 1. The number of piperidine rings is 1. The Morgan fingerprint density at radius 2 is 1.57 bits per heavy atom. The molecule has 0 spiro atoms. The van der Waals surface area contributed by atoms with Gasteiger partial charge in [0, 0.05) is 32.2 Å². The molecule has 2 aliphatic heterocycles. The van der Waals surface area contributed by atoms with Gasteiger partial charge in [-0.2, -0.15) is 17.0 Å². The van der Waals surface area contributed by atoms with Gasteiger partial charge in [-0.3, -0.25) is 0 Å². The van der Waals surface area contributed by atoms with E-state index in [4.69, 9.17) is 4.74 Å². The maximum Gasteiger partial charge on any atom is 0.282 e. The molecule has 0 amide bonds. The van der Waals surface area contributed by atoms with E-state index >= 15 is 0 Å². The highest BCUT2D eigenvalue weighted by molar-refractivity contribution is 7.86. The molecule has 0 aromatic carbocycles. The summed E-state index contributed by atoms with van der Waals surface area (Å²) >= 11 is 0. The van der Waals surface area contributed by atoms with Crippen LogP contribution in [0.4, 0.5) is 0 Å². The highest BCUT2D eigenvalue weighted by atomic mass is 35.5. The highest BCUT2D eigenvalue weighted by Crippen LogP contribution is 2.28. The van der Waals surface area contributed by atoms with Crippen molar-refractivity contribution in [3.05, 3.63) is 0 Å². The van der Waals surface area contributed by atoms with Gasteiger partial charge in [-0.05, 0) is 52.0 Å². The fraction of sp³-hybridized carbons (Fsp3) is 1.00. The van der Waals surface area contributed by atoms with E-state index in [1.165, 1.54) is 12.8 Å². The molecule has 0 radical (unpaired) electrons. The van der Waals surface area contributed by atoms with Crippen LogP contribution < -0.4 is 5.32 Å². The molecule has 3 rings (SSSR count). The standard InChI is InChI=1S/C15H29N3O3S.ClH/c1-12-10-18(11-13(2)21-12)22(19,20)17-7-5-15(6-8-17)16-9-14-3-4-14;/h12-16H,3-11H2,1-2H3;1H. The second-order valence-electron chi connectivity index (χ2n) is 7.11. The summed E-state index contributed by atoms with van der Waals surface area (Å²) in [5.74, 6) is 0.873. The third-order valence-corrected chi connectivity index (χ3v) is 6.85. The van der Waals surface area contributed by atoms with Crippen LogP contribution >= 0.6 is 12.4 Å². The normalized spacial score (nSPS) is 31.7. The van der Waals surface area contributed by atoms with E-state index in [2.05, 4.69) is 5.32 Å². The molecule has 1 aliphatic carbocycles. The number of hydrogen-bond acceptors (Lipinski definition) is 4. The first-order valence-corrected chi connectivity index (χ1v) is 9.99. The molecule has 3 fully saturated rings. The molecule has 3 aliphatic rings. The van der Waals surface area contributed by atoms with E-state index in [9.17, 15) is 8.42 Å². The molecule has 2 atom stereocenters. The van der Waals surface area contributed by atoms with Crippen molar-refractivity contribution in [1.82, 2.24) is 13.9 Å². The van der Waals surface area contributed by atoms with Gasteiger partial charge in [0.1, 0.15) is 0 Å². The van der Waals surface area contributed by atoms with Gasteiger partial charge in [0.05, 0.1) is 12.2 Å². The van der Waals surface area contributed by atoms with Crippen LogP contribution in [0.1, 0.15) is 39.5 Å². The second kappa shape index (κ2) is 7.97.